The molecule has 0 radical (unpaired) electrons. The van der Waals surface area contributed by atoms with Crippen molar-refractivity contribution in [3.8, 4) is 0 Å². The number of carbonyl (C=O) groups is 3. The molecule has 1 saturated heterocycles. The van der Waals surface area contributed by atoms with Crippen LogP contribution < -0.4 is 10.6 Å². The maximum atomic E-state index is 12.3. The van der Waals surface area contributed by atoms with Gasteiger partial charge in [-0.3, -0.25) is 19.3 Å². The van der Waals surface area contributed by atoms with Gasteiger partial charge < -0.3 is 15.4 Å². The molecule has 142 valence electrons. The van der Waals surface area contributed by atoms with Gasteiger partial charge in [0.2, 0.25) is 11.8 Å². The Kier molecular flexibility index (Phi) is 7.41. The van der Waals surface area contributed by atoms with E-state index in [1.807, 2.05) is 13.8 Å². The number of nitrogens with zero attached hydrogens (tertiary/aromatic N) is 1. The van der Waals surface area contributed by atoms with Gasteiger partial charge in [0.05, 0.1) is 19.6 Å². The molecule has 1 aromatic rings. The van der Waals surface area contributed by atoms with E-state index >= 15 is 0 Å². The van der Waals surface area contributed by atoms with Gasteiger partial charge in [-0.2, -0.15) is 0 Å². The zero-order valence-corrected chi connectivity index (χ0v) is 15.7. The fourth-order valence-corrected chi connectivity index (χ4v) is 2.69. The normalized spacial score (nSPS) is 17.7. The Labute approximate surface area is 158 Å². The molecule has 1 atom stereocenters. The van der Waals surface area contributed by atoms with Gasteiger partial charge in [-0.25, -0.2) is 0 Å². The van der Waals surface area contributed by atoms with E-state index in [4.69, 9.17) is 16.3 Å². The zero-order valence-electron chi connectivity index (χ0n) is 15.0. The predicted molar refractivity (Wildman–Crippen MR) is 98.9 cm³/mol. The van der Waals surface area contributed by atoms with Gasteiger partial charge in [0.25, 0.3) is 0 Å². The quantitative estimate of drug-likeness (QED) is 0.701. The minimum Gasteiger partial charge on any atom is -0.465 e. The van der Waals surface area contributed by atoms with E-state index in [9.17, 15) is 14.4 Å². The smallest absolute Gasteiger partial charge is 0.307 e. The molecule has 2 N–H and O–H groups in total. The van der Waals surface area contributed by atoms with E-state index in [-0.39, 0.29) is 30.7 Å². The molecule has 0 aliphatic carbocycles. The third kappa shape index (κ3) is 6.31. The Hall–Kier alpha value is -2.12. The summed E-state index contributed by atoms with van der Waals surface area (Å²) >= 11 is 5.82. The van der Waals surface area contributed by atoms with Crippen LogP contribution >= 0.6 is 11.6 Å². The van der Waals surface area contributed by atoms with Crippen molar-refractivity contribution in [3.63, 3.8) is 0 Å². The molecule has 2 rings (SSSR count). The molecule has 2 amide bonds. The van der Waals surface area contributed by atoms with Crippen LogP contribution in [0.25, 0.3) is 0 Å². The highest BCUT2D eigenvalue weighted by atomic mass is 35.5. The number of ether oxygens (including phenoxy) is 1. The number of esters is 1. The first-order valence-electron chi connectivity index (χ1n) is 8.58. The zero-order chi connectivity index (χ0) is 19.1. The summed E-state index contributed by atoms with van der Waals surface area (Å²) < 4.78 is 5.16. The Morgan fingerprint density at radius 3 is 2.69 bits per heavy atom. The Bertz CT molecular complexity index is 648. The lowest BCUT2D eigenvalue weighted by atomic mass is 10.1. The second kappa shape index (κ2) is 9.54. The highest BCUT2D eigenvalue weighted by Crippen LogP contribution is 2.14. The minimum absolute atomic E-state index is 0.0121. The second-order valence-electron chi connectivity index (χ2n) is 6.61. The maximum absolute atomic E-state index is 12.3. The van der Waals surface area contributed by atoms with Crippen molar-refractivity contribution in [1.29, 1.82) is 0 Å². The van der Waals surface area contributed by atoms with Crippen molar-refractivity contribution in [2.24, 2.45) is 5.92 Å². The molecule has 1 heterocycles. The summed E-state index contributed by atoms with van der Waals surface area (Å²) in [6.45, 7) is 5.12. The van der Waals surface area contributed by atoms with Crippen molar-refractivity contribution in [2.75, 3.05) is 31.6 Å². The van der Waals surface area contributed by atoms with E-state index < -0.39 is 12.0 Å². The number of piperazine rings is 1. The molecule has 1 aliphatic rings. The third-order valence-electron chi connectivity index (χ3n) is 3.85. The molecule has 26 heavy (non-hydrogen) atoms. The van der Waals surface area contributed by atoms with Crippen LogP contribution in [0.4, 0.5) is 5.69 Å². The van der Waals surface area contributed by atoms with Crippen LogP contribution in [0, 0.1) is 5.92 Å². The van der Waals surface area contributed by atoms with Crippen LogP contribution in [0.2, 0.25) is 5.02 Å². The molecule has 0 saturated carbocycles. The van der Waals surface area contributed by atoms with Crippen molar-refractivity contribution >= 4 is 35.1 Å². The lowest BCUT2D eigenvalue weighted by molar-refractivity contribution is -0.149. The van der Waals surface area contributed by atoms with Gasteiger partial charge >= 0.3 is 5.97 Å². The molecule has 7 nitrogen and oxygen atoms in total. The largest absolute Gasteiger partial charge is 0.465 e. The van der Waals surface area contributed by atoms with Gasteiger partial charge in [-0.15, -0.1) is 0 Å². The SMILES string of the molecule is CC(C)COC(=O)CC1C(=O)NCCN1CC(=O)Nc1ccc(Cl)cc1. The average Bonchev–Trinajstić information content (AvgIpc) is 2.58. The first-order valence-corrected chi connectivity index (χ1v) is 8.95. The molecule has 1 fully saturated rings. The predicted octanol–water partition coefficient (Wildman–Crippen LogP) is 1.67. The number of anilines is 1. The summed E-state index contributed by atoms with van der Waals surface area (Å²) in [5.74, 6) is -0.746. The van der Waals surface area contributed by atoms with Crippen LogP contribution in [-0.4, -0.2) is 55.0 Å². The molecule has 8 heteroatoms. The molecule has 1 aliphatic heterocycles. The molecule has 0 bridgehead atoms. The number of amides is 2. The number of hydrogen-bond acceptors (Lipinski definition) is 5. The number of benzene rings is 1. The van der Waals surface area contributed by atoms with Crippen molar-refractivity contribution in [1.82, 2.24) is 10.2 Å². The van der Waals surface area contributed by atoms with Crippen LogP contribution in [0.1, 0.15) is 20.3 Å². The average molecular weight is 382 g/mol. The number of carbonyl (C=O) groups excluding carboxylic acids is 3. The highest BCUT2D eigenvalue weighted by Gasteiger charge is 2.33. The van der Waals surface area contributed by atoms with Gasteiger partial charge in [-0.05, 0) is 30.2 Å². The lowest BCUT2D eigenvalue weighted by Crippen LogP contribution is -2.57. The molecule has 1 unspecified atom stereocenters. The van der Waals surface area contributed by atoms with Crippen molar-refractivity contribution in [3.05, 3.63) is 29.3 Å². The second-order valence-corrected chi connectivity index (χ2v) is 7.05. The monoisotopic (exact) mass is 381 g/mol. The van der Waals surface area contributed by atoms with Crippen LogP contribution in [0.3, 0.4) is 0 Å². The summed E-state index contributed by atoms with van der Waals surface area (Å²) in [4.78, 5) is 38.1. The summed E-state index contributed by atoms with van der Waals surface area (Å²) in [6.07, 6.45) is -0.0766. The fraction of sp³-hybridized carbons (Fsp3) is 0.500. The van der Waals surface area contributed by atoms with Gasteiger partial charge in [0, 0.05) is 23.8 Å². The molecule has 1 aromatic carbocycles. The number of halogens is 1. The molecule has 0 aromatic heterocycles. The van der Waals surface area contributed by atoms with E-state index in [0.29, 0.717) is 30.4 Å². The van der Waals surface area contributed by atoms with E-state index in [2.05, 4.69) is 10.6 Å². The molecular formula is C18H24ClN3O4. The Morgan fingerprint density at radius 2 is 2.04 bits per heavy atom. The van der Waals surface area contributed by atoms with E-state index in [1.54, 1.807) is 29.2 Å². The summed E-state index contributed by atoms with van der Waals surface area (Å²) in [7, 11) is 0. The first-order chi connectivity index (χ1) is 12.3. The van der Waals surface area contributed by atoms with Gasteiger partial charge in [0.1, 0.15) is 6.04 Å². The topological polar surface area (TPSA) is 87.7 Å². The summed E-state index contributed by atoms with van der Waals surface area (Å²) in [5.41, 5.74) is 0.619. The van der Waals surface area contributed by atoms with Crippen LogP contribution in [-0.2, 0) is 19.1 Å². The van der Waals surface area contributed by atoms with Crippen molar-refractivity contribution < 1.29 is 19.1 Å². The summed E-state index contributed by atoms with van der Waals surface area (Å²) in [6, 6.07) is 6.05. The Balaban J connectivity index is 1.93. The molecular weight excluding hydrogens is 358 g/mol. The number of rotatable bonds is 7. The molecule has 0 spiro atoms. The van der Waals surface area contributed by atoms with E-state index in [1.165, 1.54) is 0 Å². The number of hydrogen-bond donors (Lipinski definition) is 2. The third-order valence-corrected chi connectivity index (χ3v) is 4.11. The highest BCUT2D eigenvalue weighted by molar-refractivity contribution is 6.30. The van der Waals surface area contributed by atoms with E-state index in [0.717, 1.165) is 0 Å². The van der Waals surface area contributed by atoms with Crippen LogP contribution in [0.5, 0.6) is 0 Å². The minimum atomic E-state index is -0.709. The first kappa shape index (κ1) is 20.2. The summed E-state index contributed by atoms with van der Waals surface area (Å²) in [5, 5.41) is 6.06. The fourth-order valence-electron chi connectivity index (χ4n) is 2.57. The van der Waals surface area contributed by atoms with Gasteiger partial charge in [-0.1, -0.05) is 25.4 Å². The maximum Gasteiger partial charge on any atom is 0.307 e. The number of nitrogens with one attached hydrogen (secondary N) is 2. The Morgan fingerprint density at radius 1 is 1.35 bits per heavy atom. The van der Waals surface area contributed by atoms with Crippen LogP contribution in [0.15, 0.2) is 24.3 Å². The lowest BCUT2D eigenvalue weighted by Gasteiger charge is -2.33. The standard InChI is InChI=1S/C18H24ClN3O4/c1-12(2)11-26-17(24)9-15-18(25)20-7-8-22(15)10-16(23)21-14-5-3-13(19)4-6-14/h3-6,12,15H,7-11H2,1-2H3,(H,20,25)(H,21,23). The van der Waals surface area contributed by atoms with Gasteiger partial charge in [0.15, 0.2) is 0 Å². The van der Waals surface area contributed by atoms with Crippen molar-refractivity contribution in [2.45, 2.75) is 26.3 Å².